The SMILES string of the molecule is CN1CCOc2ccc(NC(=O)C3(c4cccs4)CCCC3)cc2C1=O. The van der Waals surface area contributed by atoms with Gasteiger partial charge in [0.15, 0.2) is 0 Å². The number of carbonyl (C=O) groups excluding carboxylic acids is 2. The number of benzene rings is 1. The highest BCUT2D eigenvalue weighted by molar-refractivity contribution is 7.10. The third-order valence-corrected chi connectivity index (χ3v) is 6.46. The van der Waals surface area contributed by atoms with Crippen LogP contribution in [0.25, 0.3) is 0 Å². The third kappa shape index (κ3) is 2.88. The van der Waals surface area contributed by atoms with Crippen molar-refractivity contribution in [2.45, 2.75) is 31.1 Å². The van der Waals surface area contributed by atoms with Gasteiger partial charge in [-0.3, -0.25) is 9.59 Å². The molecule has 0 radical (unpaired) electrons. The number of rotatable bonds is 3. The van der Waals surface area contributed by atoms with Crippen molar-refractivity contribution in [3.8, 4) is 5.75 Å². The molecule has 0 bridgehead atoms. The normalized spacial score (nSPS) is 18.8. The van der Waals surface area contributed by atoms with Crippen LogP contribution in [0.4, 0.5) is 5.69 Å². The van der Waals surface area contributed by atoms with Crippen LogP contribution in [0.5, 0.6) is 5.75 Å². The number of fused-ring (bicyclic) bond motifs is 1. The van der Waals surface area contributed by atoms with Crippen molar-refractivity contribution in [3.63, 3.8) is 0 Å². The fourth-order valence-corrected chi connectivity index (χ4v) is 4.85. The molecule has 2 aromatic rings. The largest absolute Gasteiger partial charge is 0.491 e. The second-order valence-electron chi connectivity index (χ2n) is 7.01. The molecule has 2 aliphatic rings. The summed E-state index contributed by atoms with van der Waals surface area (Å²) in [6.45, 7) is 1.03. The summed E-state index contributed by atoms with van der Waals surface area (Å²) >= 11 is 1.64. The van der Waals surface area contributed by atoms with E-state index in [2.05, 4.69) is 11.4 Å². The van der Waals surface area contributed by atoms with Crippen LogP contribution in [-0.4, -0.2) is 36.9 Å². The maximum atomic E-state index is 13.2. The van der Waals surface area contributed by atoms with Crippen LogP contribution < -0.4 is 10.1 Å². The van der Waals surface area contributed by atoms with Crippen LogP contribution in [0.1, 0.15) is 40.9 Å². The van der Waals surface area contributed by atoms with Crippen molar-refractivity contribution in [1.29, 1.82) is 0 Å². The Morgan fingerprint density at radius 2 is 2.08 bits per heavy atom. The quantitative estimate of drug-likeness (QED) is 0.897. The predicted octanol–water partition coefficient (Wildman–Crippen LogP) is 3.66. The van der Waals surface area contributed by atoms with E-state index < -0.39 is 5.41 Å². The molecule has 0 spiro atoms. The van der Waals surface area contributed by atoms with Crippen molar-refractivity contribution in [3.05, 3.63) is 46.2 Å². The fourth-order valence-electron chi connectivity index (χ4n) is 3.87. The molecule has 1 aromatic carbocycles. The van der Waals surface area contributed by atoms with Crippen LogP contribution in [-0.2, 0) is 10.2 Å². The molecular weight excluding hydrogens is 348 g/mol. The molecule has 6 heteroatoms. The standard InChI is InChI=1S/C20H22N2O3S/c1-22-10-11-25-16-7-6-14(13-15(16)18(22)23)21-19(24)20(8-2-3-9-20)17-5-4-12-26-17/h4-7,12-13H,2-3,8-11H2,1H3,(H,21,24). The molecule has 1 fully saturated rings. The zero-order valence-electron chi connectivity index (χ0n) is 14.8. The van der Waals surface area contributed by atoms with E-state index in [0.29, 0.717) is 30.2 Å². The highest BCUT2D eigenvalue weighted by Crippen LogP contribution is 2.44. The maximum Gasteiger partial charge on any atom is 0.257 e. The number of ether oxygens (including phenoxy) is 1. The molecule has 26 heavy (non-hydrogen) atoms. The number of carbonyl (C=O) groups is 2. The smallest absolute Gasteiger partial charge is 0.257 e. The number of anilines is 1. The van der Waals surface area contributed by atoms with Gasteiger partial charge in [0.25, 0.3) is 5.91 Å². The summed E-state index contributed by atoms with van der Waals surface area (Å²) in [5.74, 6) is 0.515. The topological polar surface area (TPSA) is 58.6 Å². The van der Waals surface area contributed by atoms with Gasteiger partial charge in [-0.1, -0.05) is 18.9 Å². The number of nitrogens with one attached hydrogen (secondary N) is 1. The van der Waals surface area contributed by atoms with Crippen LogP contribution >= 0.6 is 11.3 Å². The van der Waals surface area contributed by atoms with Crippen molar-refractivity contribution < 1.29 is 14.3 Å². The van der Waals surface area contributed by atoms with Crippen LogP contribution in [0.15, 0.2) is 35.7 Å². The molecule has 2 amide bonds. The van der Waals surface area contributed by atoms with E-state index in [4.69, 9.17) is 4.74 Å². The highest BCUT2D eigenvalue weighted by Gasteiger charge is 2.43. The molecule has 1 N–H and O–H groups in total. The Morgan fingerprint density at radius 1 is 1.27 bits per heavy atom. The molecule has 1 aliphatic carbocycles. The van der Waals surface area contributed by atoms with Gasteiger partial charge in [-0.25, -0.2) is 0 Å². The van der Waals surface area contributed by atoms with Gasteiger partial charge in [0, 0.05) is 17.6 Å². The minimum absolute atomic E-state index is 0.0211. The molecule has 4 rings (SSSR count). The molecule has 0 unspecified atom stereocenters. The number of hydrogen-bond acceptors (Lipinski definition) is 4. The first-order valence-corrected chi connectivity index (χ1v) is 9.86. The van der Waals surface area contributed by atoms with Crippen molar-refractivity contribution in [2.24, 2.45) is 0 Å². The Labute approximate surface area is 157 Å². The lowest BCUT2D eigenvalue weighted by Crippen LogP contribution is -2.37. The molecule has 1 saturated carbocycles. The molecule has 1 aliphatic heterocycles. The van der Waals surface area contributed by atoms with E-state index in [1.54, 1.807) is 35.4 Å². The maximum absolute atomic E-state index is 13.2. The van der Waals surface area contributed by atoms with Crippen molar-refractivity contribution in [2.75, 3.05) is 25.5 Å². The number of amides is 2. The Balaban J connectivity index is 1.62. The Morgan fingerprint density at radius 3 is 2.81 bits per heavy atom. The molecule has 0 atom stereocenters. The predicted molar refractivity (Wildman–Crippen MR) is 102 cm³/mol. The third-order valence-electron chi connectivity index (χ3n) is 5.38. The van der Waals surface area contributed by atoms with E-state index in [1.165, 1.54) is 0 Å². The van der Waals surface area contributed by atoms with Crippen molar-refractivity contribution in [1.82, 2.24) is 4.90 Å². The highest BCUT2D eigenvalue weighted by atomic mass is 32.1. The minimum Gasteiger partial charge on any atom is -0.491 e. The lowest BCUT2D eigenvalue weighted by molar-refractivity contribution is -0.121. The van der Waals surface area contributed by atoms with Crippen LogP contribution in [0.3, 0.4) is 0 Å². The second-order valence-corrected chi connectivity index (χ2v) is 7.95. The van der Waals surface area contributed by atoms with Gasteiger partial charge >= 0.3 is 0 Å². The number of nitrogens with zero attached hydrogens (tertiary/aromatic N) is 1. The van der Waals surface area contributed by atoms with Gasteiger partial charge in [0.05, 0.1) is 17.5 Å². The van der Waals surface area contributed by atoms with Gasteiger partial charge in [0.2, 0.25) is 5.91 Å². The number of hydrogen-bond donors (Lipinski definition) is 1. The first kappa shape index (κ1) is 17.1. The van der Waals surface area contributed by atoms with E-state index in [0.717, 1.165) is 30.6 Å². The molecule has 1 aromatic heterocycles. The lowest BCUT2D eigenvalue weighted by atomic mass is 9.83. The lowest BCUT2D eigenvalue weighted by Gasteiger charge is -2.26. The van der Waals surface area contributed by atoms with E-state index in [-0.39, 0.29) is 11.8 Å². The van der Waals surface area contributed by atoms with Gasteiger partial charge in [-0.05, 0) is 42.5 Å². The zero-order chi connectivity index (χ0) is 18.1. The molecule has 2 heterocycles. The molecule has 0 saturated heterocycles. The monoisotopic (exact) mass is 370 g/mol. The summed E-state index contributed by atoms with van der Waals surface area (Å²) in [7, 11) is 1.76. The van der Waals surface area contributed by atoms with Crippen molar-refractivity contribution >= 4 is 28.8 Å². The number of likely N-dealkylation sites (N-methyl/N-ethyl adjacent to an activating group) is 1. The van der Waals surface area contributed by atoms with Gasteiger partial charge in [0.1, 0.15) is 12.4 Å². The minimum atomic E-state index is -0.446. The zero-order valence-corrected chi connectivity index (χ0v) is 15.6. The summed E-state index contributed by atoms with van der Waals surface area (Å²) in [5.41, 5.74) is 0.696. The first-order valence-electron chi connectivity index (χ1n) is 8.98. The molecule has 136 valence electrons. The van der Waals surface area contributed by atoms with Gasteiger partial charge in [-0.2, -0.15) is 0 Å². The fraction of sp³-hybridized carbons (Fsp3) is 0.400. The summed E-state index contributed by atoms with van der Waals surface area (Å²) in [5, 5.41) is 5.09. The van der Waals surface area contributed by atoms with E-state index in [9.17, 15) is 9.59 Å². The summed E-state index contributed by atoms with van der Waals surface area (Å²) in [4.78, 5) is 28.5. The Hall–Kier alpha value is -2.34. The molecule has 5 nitrogen and oxygen atoms in total. The van der Waals surface area contributed by atoms with Gasteiger partial charge in [-0.15, -0.1) is 11.3 Å². The summed E-state index contributed by atoms with van der Waals surface area (Å²) in [6.07, 6.45) is 3.86. The Kier molecular flexibility index (Phi) is 4.44. The van der Waals surface area contributed by atoms with E-state index in [1.807, 2.05) is 17.5 Å². The summed E-state index contributed by atoms with van der Waals surface area (Å²) in [6, 6.07) is 9.37. The Bertz CT molecular complexity index is 826. The van der Waals surface area contributed by atoms with Gasteiger partial charge < -0.3 is 15.0 Å². The average Bonchev–Trinajstić information content (AvgIpc) is 3.32. The van der Waals surface area contributed by atoms with Crippen LogP contribution in [0, 0.1) is 0 Å². The van der Waals surface area contributed by atoms with Crippen LogP contribution in [0.2, 0.25) is 0 Å². The first-order chi connectivity index (χ1) is 12.6. The van der Waals surface area contributed by atoms with E-state index >= 15 is 0 Å². The summed E-state index contributed by atoms with van der Waals surface area (Å²) < 4.78 is 5.65. The second kappa shape index (κ2) is 6.76. The number of thiophene rings is 1. The average molecular weight is 370 g/mol. The molecular formula is C20H22N2O3S.